The predicted molar refractivity (Wildman–Crippen MR) is 75.3 cm³/mol. The molecule has 0 aliphatic carbocycles. The van der Waals surface area contributed by atoms with Gasteiger partial charge < -0.3 is 5.11 Å². The Morgan fingerprint density at radius 2 is 2.22 bits per heavy atom. The zero-order valence-electron chi connectivity index (χ0n) is 10.3. The minimum Gasteiger partial charge on any atom is -0.391 e. The zero-order valence-corrected chi connectivity index (χ0v) is 13.5. The summed E-state index contributed by atoms with van der Waals surface area (Å²) in [5.41, 5.74) is 0. The third-order valence-corrected chi connectivity index (χ3v) is 7.02. The molecule has 1 saturated heterocycles. The van der Waals surface area contributed by atoms with Crippen molar-refractivity contribution >= 4 is 37.3 Å². The van der Waals surface area contributed by atoms with Crippen molar-refractivity contribution in [2.75, 3.05) is 13.1 Å². The molecule has 1 fully saturated rings. The molecule has 0 spiro atoms. The quantitative estimate of drug-likeness (QED) is 0.886. The van der Waals surface area contributed by atoms with Gasteiger partial charge in [-0.25, -0.2) is 8.42 Å². The Morgan fingerprint density at radius 3 is 2.72 bits per heavy atom. The monoisotopic (exact) mass is 353 g/mol. The van der Waals surface area contributed by atoms with Crippen LogP contribution < -0.4 is 0 Å². The van der Waals surface area contributed by atoms with Gasteiger partial charge in [-0.05, 0) is 41.3 Å². The van der Waals surface area contributed by atoms with Crippen molar-refractivity contribution in [3.63, 3.8) is 0 Å². The van der Waals surface area contributed by atoms with Crippen molar-refractivity contribution in [1.82, 2.24) is 4.31 Å². The Bertz CT molecular complexity index is 540. The van der Waals surface area contributed by atoms with Crippen LogP contribution in [0.15, 0.2) is 14.7 Å². The lowest BCUT2D eigenvalue weighted by Crippen LogP contribution is -2.45. The summed E-state index contributed by atoms with van der Waals surface area (Å²) >= 11 is 4.72. The smallest absolute Gasteiger partial charge is 0.244 e. The number of hydrogen-bond donors (Lipinski definition) is 1. The van der Waals surface area contributed by atoms with Crippen LogP contribution in [0.5, 0.6) is 0 Å². The van der Waals surface area contributed by atoms with Crippen LogP contribution >= 0.6 is 27.3 Å². The third kappa shape index (κ3) is 2.65. The van der Waals surface area contributed by atoms with Gasteiger partial charge in [0.2, 0.25) is 10.0 Å². The average Bonchev–Trinajstić information content (AvgIpc) is 2.62. The first-order valence-corrected chi connectivity index (χ1v) is 8.81. The number of halogens is 1. The van der Waals surface area contributed by atoms with Crippen molar-refractivity contribution < 1.29 is 13.5 Å². The second-order valence-corrected chi connectivity index (χ2v) is 9.21. The molecule has 7 heteroatoms. The van der Waals surface area contributed by atoms with E-state index in [1.807, 2.05) is 6.92 Å². The summed E-state index contributed by atoms with van der Waals surface area (Å²) in [4.78, 5) is 1.12. The Kier molecular flexibility index (Phi) is 4.18. The fourth-order valence-electron chi connectivity index (χ4n) is 2.06. The molecular formula is C11H16BrNO3S2. The zero-order chi connectivity index (χ0) is 13.5. The lowest BCUT2D eigenvalue weighted by Gasteiger charge is -2.33. The number of nitrogens with zero attached hydrogens (tertiary/aromatic N) is 1. The van der Waals surface area contributed by atoms with E-state index in [1.165, 1.54) is 15.6 Å². The maximum absolute atomic E-state index is 12.5. The van der Waals surface area contributed by atoms with Crippen LogP contribution in [0, 0.1) is 12.8 Å². The Hall–Kier alpha value is 0.0500. The lowest BCUT2D eigenvalue weighted by atomic mass is 9.98. The van der Waals surface area contributed by atoms with Crippen LogP contribution in [0.4, 0.5) is 0 Å². The van der Waals surface area contributed by atoms with Gasteiger partial charge >= 0.3 is 0 Å². The van der Waals surface area contributed by atoms with Gasteiger partial charge in [0.05, 0.1) is 14.8 Å². The number of sulfonamides is 1. The normalized spacial score (nSPS) is 26.4. The van der Waals surface area contributed by atoms with Crippen molar-refractivity contribution in [3.05, 3.63) is 14.7 Å². The molecule has 0 bridgehead atoms. The summed E-state index contributed by atoms with van der Waals surface area (Å²) in [5.74, 6) is 0.159. The minimum absolute atomic E-state index is 0.159. The highest BCUT2D eigenvalue weighted by Gasteiger charge is 2.34. The highest BCUT2D eigenvalue weighted by atomic mass is 79.9. The first-order chi connectivity index (χ1) is 8.32. The molecule has 1 aliphatic rings. The highest BCUT2D eigenvalue weighted by Crippen LogP contribution is 2.33. The number of aryl methyl sites for hydroxylation is 1. The van der Waals surface area contributed by atoms with E-state index >= 15 is 0 Å². The Morgan fingerprint density at radius 1 is 1.56 bits per heavy atom. The van der Waals surface area contributed by atoms with Crippen LogP contribution in [-0.2, 0) is 10.0 Å². The van der Waals surface area contributed by atoms with Crippen LogP contribution in [0.25, 0.3) is 0 Å². The van der Waals surface area contributed by atoms with E-state index in [9.17, 15) is 13.5 Å². The number of β-amino-alcohol motifs (C(OH)–C–C–N with tert-alkyl or cyclic N) is 1. The second-order valence-electron chi connectivity index (χ2n) is 4.67. The molecule has 2 heterocycles. The summed E-state index contributed by atoms with van der Waals surface area (Å²) in [7, 11) is -3.47. The number of aliphatic hydroxyl groups excluding tert-OH is 1. The van der Waals surface area contributed by atoms with Gasteiger partial charge in [0.1, 0.15) is 0 Å². The summed E-state index contributed by atoms with van der Waals surface area (Å²) in [5, 5.41) is 9.82. The largest absolute Gasteiger partial charge is 0.391 e. The average molecular weight is 354 g/mol. The highest BCUT2D eigenvalue weighted by molar-refractivity contribution is 9.11. The molecule has 1 aromatic heterocycles. The summed E-state index contributed by atoms with van der Waals surface area (Å²) < 4.78 is 27.1. The van der Waals surface area contributed by atoms with Crippen molar-refractivity contribution in [1.29, 1.82) is 0 Å². The van der Waals surface area contributed by atoms with Crippen LogP contribution in [0.2, 0.25) is 0 Å². The molecule has 0 aromatic carbocycles. The molecule has 2 rings (SSSR count). The van der Waals surface area contributed by atoms with Gasteiger partial charge in [-0.3, -0.25) is 0 Å². The number of piperidine rings is 1. The molecule has 1 N–H and O–H groups in total. The molecular weight excluding hydrogens is 338 g/mol. The van der Waals surface area contributed by atoms with E-state index < -0.39 is 16.1 Å². The van der Waals surface area contributed by atoms with Crippen molar-refractivity contribution in [3.8, 4) is 0 Å². The van der Waals surface area contributed by atoms with Gasteiger partial charge in [-0.2, -0.15) is 4.31 Å². The van der Waals surface area contributed by atoms with E-state index in [2.05, 4.69) is 15.9 Å². The van der Waals surface area contributed by atoms with Crippen LogP contribution in [-0.4, -0.2) is 37.0 Å². The fraction of sp³-hybridized carbons (Fsp3) is 0.636. The lowest BCUT2D eigenvalue weighted by molar-refractivity contribution is 0.0605. The number of rotatable bonds is 2. The van der Waals surface area contributed by atoms with E-state index in [-0.39, 0.29) is 12.5 Å². The first-order valence-electron chi connectivity index (χ1n) is 5.76. The second kappa shape index (κ2) is 5.20. The van der Waals surface area contributed by atoms with E-state index in [0.29, 0.717) is 17.9 Å². The number of aliphatic hydroxyl groups is 1. The van der Waals surface area contributed by atoms with E-state index in [4.69, 9.17) is 0 Å². The van der Waals surface area contributed by atoms with Crippen LogP contribution in [0.3, 0.4) is 0 Å². The summed E-state index contributed by atoms with van der Waals surface area (Å²) in [6.07, 6.45) is 0.126. The minimum atomic E-state index is -3.47. The van der Waals surface area contributed by atoms with Gasteiger partial charge in [0.25, 0.3) is 0 Å². The fourth-order valence-corrected chi connectivity index (χ4v) is 5.92. The number of thiophene rings is 1. The molecule has 2 unspecified atom stereocenters. The molecule has 0 radical (unpaired) electrons. The van der Waals surface area contributed by atoms with Gasteiger partial charge in [0.15, 0.2) is 0 Å². The third-order valence-electron chi connectivity index (χ3n) is 3.34. The van der Waals surface area contributed by atoms with E-state index in [1.54, 1.807) is 13.0 Å². The molecule has 1 aliphatic heterocycles. The molecule has 0 saturated carbocycles. The molecule has 1 aromatic rings. The van der Waals surface area contributed by atoms with Gasteiger partial charge in [0, 0.05) is 18.0 Å². The van der Waals surface area contributed by atoms with Crippen molar-refractivity contribution in [2.45, 2.75) is 31.3 Å². The van der Waals surface area contributed by atoms with Gasteiger partial charge in [-0.1, -0.05) is 6.92 Å². The molecule has 18 heavy (non-hydrogen) atoms. The standard InChI is InChI=1S/C11H16BrNO3S2/c1-7-3-4-13(6-9(7)14)18(15,16)10-5-11(12)17-8(10)2/h5,7,9,14H,3-4,6H2,1-2H3. The molecule has 4 nitrogen and oxygen atoms in total. The van der Waals surface area contributed by atoms with E-state index in [0.717, 1.165) is 8.66 Å². The summed E-state index contributed by atoms with van der Waals surface area (Å²) in [6, 6.07) is 1.64. The maximum atomic E-state index is 12.5. The summed E-state index contributed by atoms with van der Waals surface area (Å²) in [6.45, 7) is 4.41. The number of hydrogen-bond acceptors (Lipinski definition) is 4. The molecule has 2 atom stereocenters. The van der Waals surface area contributed by atoms with Crippen molar-refractivity contribution in [2.24, 2.45) is 5.92 Å². The Labute approximate surface area is 120 Å². The topological polar surface area (TPSA) is 57.6 Å². The predicted octanol–water partition coefficient (Wildman–Crippen LogP) is 2.21. The maximum Gasteiger partial charge on any atom is 0.244 e. The molecule has 0 amide bonds. The SMILES string of the molecule is Cc1sc(Br)cc1S(=O)(=O)N1CCC(C)C(O)C1. The molecule has 102 valence electrons. The van der Waals surface area contributed by atoms with Crippen LogP contribution in [0.1, 0.15) is 18.2 Å². The first kappa shape index (κ1) is 14.5. The van der Waals surface area contributed by atoms with Gasteiger partial charge in [-0.15, -0.1) is 11.3 Å². The Balaban J connectivity index is 2.29.